The van der Waals surface area contributed by atoms with Crippen molar-refractivity contribution in [3.63, 3.8) is 0 Å². The van der Waals surface area contributed by atoms with E-state index in [1.807, 2.05) is 6.92 Å². The average molecular weight is 417 g/mol. The number of anilines is 2. The molecular weight excluding hydrogens is 397 g/mol. The van der Waals surface area contributed by atoms with Gasteiger partial charge in [-0.1, -0.05) is 35.0 Å². The molecule has 0 bridgehead atoms. The Kier molecular flexibility index (Phi) is 5.69. The molecule has 0 atom stereocenters. The van der Waals surface area contributed by atoms with Gasteiger partial charge in [0.1, 0.15) is 18.1 Å². The molecule has 7 nitrogen and oxygen atoms in total. The molecule has 1 heterocycles. The number of nitrogens with zero attached hydrogens (tertiary/aromatic N) is 2. The Labute approximate surface area is 168 Å². The Bertz CT molecular complexity index is 1120. The summed E-state index contributed by atoms with van der Waals surface area (Å²) in [5, 5.41) is 6.11. The lowest BCUT2D eigenvalue weighted by molar-refractivity contribution is -0.114. The predicted octanol–water partition coefficient (Wildman–Crippen LogP) is 3.57. The smallest absolute Gasteiger partial charge is 0.270 e. The summed E-state index contributed by atoms with van der Waals surface area (Å²) in [6.45, 7) is 4.31. The van der Waals surface area contributed by atoms with Crippen LogP contribution in [-0.2, 0) is 14.8 Å². The zero-order valence-corrected chi connectivity index (χ0v) is 17.0. The first-order valence-corrected chi connectivity index (χ1v) is 10.2. The number of carbonyl (C=O) groups excluding carboxylic acids is 1. The maximum Gasteiger partial charge on any atom is 0.270 e. The summed E-state index contributed by atoms with van der Waals surface area (Å²) in [5.41, 5.74) is 1.38. The van der Waals surface area contributed by atoms with E-state index < -0.39 is 28.3 Å². The minimum atomic E-state index is -4.16. The van der Waals surface area contributed by atoms with Crippen LogP contribution in [0.2, 0.25) is 0 Å². The average Bonchev–Trinajstić information content (AvgIpc) is 3.01. The molecule has 0 unspecified atom stereocenters. The van der Waals surface area contributed by atoms with Crippen LogP contribution < -0.4 is 9.62 Å². The fourth-order valence-electron chi connectivity index (χ4n) is 2.86. The molecule has 0 saturated carbocycles. The molecule has 3 rings (SSSR count). The molecule has 2 aromatic carbocycles. The van der Waals surface area contributed by atoms with Gasteiger partial charge in [-0.2, -0.15) is 0 Å². The fraction of sp³-hybridized carbons (Fsp3) is 0.200. The van der Waals surface area contributed by atoms with Gasteiger partial charge in [0.2, 0.25) is 5.91 Å². The number of carbonyl (C=O) groups is 1. The molecule has 1 aromatic heterocycles. The van der Waals surface area contributed by atoms with Crippen LogP contribution in [0.15, 0.2) is 57.9 Å². The molecule has 1 amide bonds. The van der Waals surface area contributed by atoms with E-state index in [1.54, 1.807) is 30.3 Å². The zero-order chi connectivity index (χ0) is 21.2. The lowest BCUT2D eigenvalue weighted by Gasteiger charge is -2.24. The summed E-state index contributed by atoms with van der Waals surface area (Å²) >= 11 is 0. The van der Waals surface area contributed by atoms with Crippen LogP contribution in [-0.4, -0.2) is 26.0 Å². The van der Waals surface area contributed by atoms with Crippen molar-refractivity contribution < 1.29 is 22.1 Å². The lowest BCUT2D eigenvalue weighted by atomic mass is 10.2. The maximum absolute atomic E-state index is 13.9. The standard InChI is InChI=1S/C20H20FN3O4S/c1-13-8-10-16(11-9-13)24(29(26,27)20-14(2)23-28-15(20)3)12-19(25)22-18-7-5-4-6-17(18)21/h4-11H,12H2,1-3H3,(H,22,25). The molecule has 1 N–H and O–H groups in total. The number of para-hydroxylation sites is 1. The third kappa shape index (κ3) is 4.29. The summed E-state index contributed by atoms with van der Waals surface area (Å²) < 4.78 is 46.5. The minimum absolute atomic E-state index is 0.0314. The summed E-state index contributed by atoms with van der Waals surface area (Å²) in [7, 11) is -4.16. The van der Waals surface area contributed by atoms with E-state index in [0.29, 0.717) is 5.69 Å². The van der Waals surface area contributed by atoms with E-state index in [0.717, 1.165) is 9.87 Å². The van der Waals surface area contributed by atoms with Gasteiger partial charge in [0, 0.05) is 0 Å². The van der Waals surface area contributed by atoms with Crippen molar-refractivity contribution in [2.45, 2.75) is 25.7 Å². The topological polar surface area (TPSA) is 92.5 Å². The Morgan fingerprint density at radius 2 is 1.76 bits per heavy atom. The van der Waals surface area contributed by atoms with Crippen molar-refractivity contribution in [1.29, 1.82) is 0 Å². The largest absolute Gasteiger partial charge is 0.360 e. The van der Waals surface area contributed by atoms with Gasteiger partial charge in [-0.25, -0.2) is 12.8 Å². The fourth-order valence-corrected chi connectivity index (χ4v) is 4.58. The van der Waals surface area contributed by atoms with Gasteiger partial charge in [0.15, 0.2) is 10.7 Å². The van der Waals surface area contributed by atoms with E-state index in [-0.39, 0.29) is 22.0 Å². The maximum atomic E-state index is 13.9. The van der Waals surface area contributed by atoms with Gasteiger partial charge in [-0.05, 0) is 45.0 Å². The van der Waals surface area contributed by atoms with Crippen molar-refractivity contribution in [3.8, 4) is 0 Å². The van der Waals surface area contributed by atoms with Crippen LogP contribution in [0.1, 0.15) is 17.0 Å². The van der Waals surface area contributed by atoms with E-state index in [2.05, 4.69) is 10.5 Å². The Hall–Kier alpha value is -3.20. The van der Waals surface area contributed by atoms with Crippen molar-refractivity contribution in [2.24, 2.45) is 0 Å². The highest BCUT2D eigenvalue weighted by Gasteiger charge is 2.33. The van der Waals surface area contributed by atoms with Crippen LogP contribution in [0.5, 0.6) is 0 Å². The van der Waals surface area contributed by atoms with Gasteiger partial charge in [-0.3, -0.25) is 9.10 Å². The van der Waals surface area contributed by atoms with Gasteiger partial charge in [0.05, 0.1) is 11.4 Å². The van der Waals surface area contributed by atoms with Crippen LogP contribution in [0.4, 0.5) is 15.8 Å². The van der Waals surface area contributed by atoms with Crippen molar-refractivity contribution in [2.75, 3.05) is 16.2 Å². The first-order chi connectivity index (χ1) is 13.7. The van der Waals surface area contributed by atoms with E-state index in [1.165, 1.54) is 32.0 Å². The highest BCUT2D eigenvalue weighted by Crippen LogP contribution is 2.28. The quantitative estimate of drug-likeness (QED) is 0.662. The molecule has 0 fully saturated rings. The van der Waals surface area contributed by atoms with Gasteiger partial charge >= 0.3 is 0 Å². The predicted molar refractivity (Wildman–Crippen MR) is 107 cm³/mol. The van der Waals surface area contributed by atoms with Gasteiger partial charge in [-0.15, -0.1) is 0 Å². The highest BCUT2D eigenvalue weighted by molar-refractivity contribution is 7.93. The first kappa shape index (κ1) is 20.5. The third-order valence-electron chi connectivity index (χ3n) is 4.27. The highest BCUT2D eigenvalue weighted by atomic mass is 32.2. The molecule has 0 aliphatic carbocycles. The number of amides is 1. The van der Waals surface area contributed by atoms with Crippen molar-refractivity contribution >= 4 is 27.3 Å². The number of aromatic nitrogens is 1. The molecule has 3 aromatic rings. The molecule has 29 heavy (non-hydrogen) atoms. The van der Waals surface area contributed by atoms with E-state index in [9.17, 15) is 17.6 Å². The van der Waals surface area contributed by atoms with Crippen LogP contribution >= 0.6 is 0 Å². The summed E-state index contributed by atoms with van der Waals surface area (Å²) in [6.07, 6.45) is 0. The second-order valence-electron chi connectivity index (χ2n) is 6.53. The Morgan fingerprint density at radius 3 is 2.34 bits per heavy atom. The third-order valence-corrected chi connectivity index (χ3v) is 6.29. The Balaban J connectivity index is 1.99. The van der Waals surface area contributed by atoms with Crippen LogP contribution in [0.25, 0.3) is 0 Å². The van der Waals surface area contributed by atoms with Gasteiger partial charge < -0.3 is 9.84 Å². The minimum Gasteiger partial charge on any atom is -0.360 e. The van der Waals surface area contributed by atoms with E-state index >= 15 is 0 Å². The summed E-state index contributed by atoms with van der Waals surface area (Å²) in [4.78, 5) is 12.5. The second kappa shape index (κ2) is 8.04. The molecule has 0 aliphatic rings. The zero-order valence-electron chi connectivity index (χ0n) is 16.1. The molecule has 0 radical (unpaired) electrons. The number of nitrogens with one attached hydrogen (secondary N) is 1. The lowest BCUT2D eigenvalue weighted by Crippen LogP contribution is -2.38. The summed E-state index contributed by atoms with van der Waals surface area (Å²) in [5.74, 6) is -1.18. The number of rotatable bonds is 6. The molecule has 0 aliphatic heterocycles. The molecular formula is C20H20FN3O4S. The molecule has 0 saturated heterocycles. The van der Waals surface area contributed by atoms with E-state index in [4.69, 9.17) is 4.52 Å². The SMILES string of the molecule is Cc1ccc(N(CC(=O)Nc2ccccc2F)S(=O)(=O)c2c(C)noc2C)cc1. The Morgan fingerprint density at radius 1 is 1.10 bits per heavy atom. The normalized spacial score (nSPS) is 11.3. The second-order valence-corrected chi connectivity index (χ2v) is 8.33. The number of hydrogen-bond acceptors (Lipinski definition) is 5. The summed E-state index contributed by atoms with van der Waals surface area (Å²) in [6, 6.07) is 12.3. The number of benzene rings is 2. The van der Waals surface area contributed by atoms with Crippen molar-refractivity contribution in [3.05, 3.63) is 71.4 Å². The number of sulfonamides is 1. The number of halogens is 1. The number of aryl methyl sites for hydroxylation is 3. The van der Waals surface area contributed by atoms with Crippen LogP contribution in [0, 0.1) is 26.6 Å². The molecule has 152 valence electrons. The first-order valence-electron chi connectivity index (χ1n) is 8.77. The molecule has 9 heteroatoms. The monoisotopic (exact) mass is 417 g/mol. The van der Waals surface area contributed by atoms with Gasteiger partial charge in [0.25, 0.3) is 10.0 Å². The van der Waals surface area contributed by atoms with Crippen molar-refractivity contribution in [1.82, 2.24) is 5.16 Å². The molecule has 0 spiro atoms. The van der Waals surface area contributed by atoms with Crippen LogP contribution in [0.3, 0.4) is 0 Å². The number of hydrogen-bond donors (Lipinski definition) is 1.